The van der Waals surface area contributed by atoms with Crippen LogP contribution < -0.4 is 0 Å². The van der Waals surface area contributed by atoms with Gasteiger partial charge in [0, 0.05) is 6.20 Å². The van der Waals surface area contributed by atoms with Crippen molar-refractivity contribution in [3.63, 3.8) is 0 Å². The molecule has 84 valence electrons. The van der Waals surface area contributed by atoms with Gasteiger partial charge in [-0.05, 0) is 29.9 Å². The first kappa shape index (κ1) is 11.1. The molecule has 16 heavy (non-hydrogen) atoms. The van der Waals surface area contributed by atoms with Crippen molar-refractivity contribution >= 4 is 11.8 Å². The second-order valence-electron chi connectivity index (χ2n) is 3.81. The van der Waals surface area contributed by atoms with Gasteiger partial charge in [-0.2, -0.15) is 0 Å². The number of nitrogens with zero attached hydrogens (tertiary/aromatic N) is 4. The van der Waals surface area contributed by atoms with Crippen molar-refractivity contribution in [2.75, 3.05) is 6.26 Å². The Morgan fingerprint density at radius 1 is 1.38 bits per heavy atom. The van der Waals surface area contributed by atoms with E-state index in [1.807, 2.05) is 30.8 Å². The molecule has 2 aromatic rings. The standard InChI is InChI=1S/C11H14N4S/c1-8(2)9-4-5-12-10(6-9)15-7-11(16-3)13-14-15/h4-8H,1-3H3. The Balaban J connectivity index is 2.36. The third-order valence-corrected chi connectivity index (χ3v) is 2.96. The lowest BCUT2D eigenvalue weighted by molar-refractivity contribution is 0.769. The molecule has 0 unspecified atom stereocenters. The lowest BCUT2D eigenvalue weighted by Gasteiger charge is -2.06. The van der Waals surface area contributed by atoms with Crippen molar-refractivity contribution < 1.29 is 0 Å². The quantitative estimate of drug-likeness (QED) is 0.765. The molecule has 0 aliphatic carbocycles. The molecule has 0 saturated heterocycles. The van der Waals surface area contributed by atoms with Crippen molar-refractivity contribution in [2.24, 2.45) is 0 Å². The molecule has 0 atom stereocenters. The van der Waals surface area contributed by atoms with Gasteiger partial charge in [0.25, 0.3) is 0 Å². The molecule has 0 fully saturated rings. The number of thioether (sulfide) groups is 1. The monoisotopic (exact) mass is 234 g/mol. The fourth-order valence-corrected chi connectivity index (χ4v) is 1.70. The second kappa shape index (κ2) is 4.65. The minimum absolute atomic E-state index is 0.491. The van der Waals surface area contributed by atoms with Crippen molar-refractivity contribution in [1.82, 2.24) is 20.0 Å². The third-order valence-electron chi connectivity index (χ3n) is 2.35. The SMILES string of the molecule is CSc1cn(-c2cc(C(C)C)ccn2)nn1. The van der Waals surface area contributed by atoms with Gasteiger partial charge in [-0.25, -0.2) is 9.67 Å². The largest absolute Gasteiger partial charge is 0.237 e. The molecule has 0 aromatic carbocycles. The first-order valence-corrected chi connectivity index (χ1v) is 6.36. The first-order valence-electron chi connectivity index (χ1n) is 5.13. The van der Waals surface area contributed by atoms with Gasteiger partial charge in [-0.15, -0.1) is 16.9 Å². The molecular formula is C11H14N4S. The highest BCUT2D eigenvalue weighted by molar-refractivity contribution is 7.98. The lowest BCUT2D eigenvalue weighted by Crippen LogP contribution is -2.00. The zero-order valence-corrected chi connectivity index (χ0v) is 10.4. The summed E-state index contributed by atoms with van der Waals surface area (Å²) in [6.07, 6.45) is 5.68. The van der Waals surface area contributed by atoms with E-state index in [1.54, 1.807) is 16.4 Å². The van der Waals surface area contributed by atoms with E-state index < -0.39 is 0 Å². The fraction of sp³-hybridized carbons (Fsp3) is 0.364. The first-order chi connectivity index (χ1) is 7.70. The average molecular weight is 234 g/mol. The van der Waals surface area contributed by atoms with Crippen molar-refractivity contribution in [2.45, 2.75) is 24.8 Å². The van der Waals surface area contributed by atoms with Crippen molar-refractivity contribution in [3.05, 3.63) is 30.1 Å². The summed E-state index contributed by atoms with van der Waals surface area (Å²) >= 11 is 1.57. The second-order valence-corrected chi connectivity index (χ2v) is 4.63. The summed E-state index contributed by atoms with van der Waals surface area (Å²) < 4.78 is 1.71. The summed E-state index contributed by atoms with van der Waals surface area (Å²) in [5, 5.41) is 8.96. The summed E-state index contributed by atoms with van der Waals surface area (Å²) in [6, 6.07) is 4.07. The molecule has 0 amide bonds. The van der Waals surface area contributed by atoms with E-state index in [9.17, 15) is 0 Å². The minimum atomic E-state index is 0.491. The molecule has 2 heterocycles. The predicted molar refractivity (Wildman–Crippen MR) is 65.0 cm³/mol. The molecule has 0 radical (unpaired) electrons. The highest BCUT2D eigenvalue weighted by Gasteiger charge is 2.05. The Kier molecular flexibility index (Phi) is 3.24. The summed E-state index contributed by atoms with van der Waals surface area (Å²) in [4.78, 5) is 4.29. The molecule has 4 nitrogen and oxygen atoms in total. The van der Waals surface area contributed by atoms with Crippen molar-refractivity contribution in [1.29, 1.82) is 0 Å². The summed E-state index contributed by atoms with van der Waals surface area (Å²) in [7, 11) is 0. The van der Waals surface area contributed by atoms with Crippen molar-refractivity contribution in [3.8, 4) is 5.82 Å². The summed E-state index contributed by atoms with van der Waals surface area (Å²) in [5.74, 6) is 1.31. The average Bonchev–Trinajstić information content (AvgIpc) is 2.77. The van der Waals surface area contributed by atoms with Gasteiger partial charge in [-0.1, -0.05) is 19.1 Å². The fourth-order valence-electron chi connectivity index (χ4n) is 1.37. The molecule has 0 aliphatic heterocycles. The number of pyridine rings is 1. The number of rotatable bonds is 3. The number of hydrogen-bond acceptors (Lipinski definition) is 4. The third kappa shape index (κ3) is 2.24. The van der Waals surface area contributed by atoms with Crippen LogP contribution in [0.4, 0.5) is 0 Å². The van der Waals surface area contributed by atoms with Crippen LogP contribution in [0.1, 0.15) is 25.3 Å². The van der Waals surface area contributed by atoms with E-state index in [-0.39, 0.29) is 0 Å². The van der Waals surface area contributed by atoms with Crippen LogP contribution in [-0.4, -0.2) is 26.2 Å². The predicted octanol–water partition coefficient (Wildman–Crippen LogP) is 2.51. The molecule has 5 heteroatoms. The van der Waals surface area contributed by atoms with Crippen LogP contribution in [0.15, 0.2) is 29.6 Å². The Bertz CT molecular complexity index is 478. The maximum atomic E-state index is 4.29. The van der Waals surface area contributed by atoms with E-state index in [0.717, 1.165) is 10.8 Å². The summed E-state index contributed by atoms with van der Waals surface area (Å²) in [5.41, 5.74) is 1.26. The molecule has 0 saturated carbocycles. The highest BCUT2D eigenvalue weighted by Crippen LogP contribution is 2.17. The van der Waals surface area contributed by atoms with Crippen LogP contribution in [0.5, 0.6) is 0 Å². The Morgan fingerprint density at radius 2 is 2.19 bits per heavy atom. The number of aromatic nitrogens is 4. The molecule has 0 N–H and O–H groups in total. The maximum absolute atomic E-state index is 4.29. The lowest BCUT2D eigenvalue weighted by atomic mass is 10.1. The molecule has 2 rings (SSSR count). The zero-order valence-electron chi connectivity index (χ0n) is 9.58. The Hall–Kier alpha value is -1.36. The van der Waals surface area contributed by atoms with Gasteiger partial charge in [0.2, 0.25) is 0 Å². The van der Waals surface area contributed by atoms with Gasteiger partial charge in [-0.3, -0.25) is 0 Å². The van der Waals surface area contributed by atoms with Gasteiger partial charge in [0.15, 0.2) is 5.82 Å². The van der Waals surface area contributed by atoms with E-state index >= 15 is 0 Å². The molecular weight excluding hydrogens is 220 g/mol. The normalized spacial score (nSPS) is 11.0. The van der Waals surface area contributed by atoms with Crippen LogP contribution in [0.2, 0.25) is 0 Å². The van der Waals surface area contributed by atoms with Crippen LogP contribution >= 0.6 is 11.8 Å². The van der Waals surface area contributed by atoms with Crippen LogP contribution in [0, 0.1) is 0 Å². The van der Waals surface area contributed by atoms with E-state index in [2.05, 4.69) is 29.1 Å². The smallest absolute Gasteiger partial charge is 0.155 e. The molecule has 0 aliphatic rings. The Morgan fingerprint density at radius 3 is 2.81 bits per heavy atom. The van der Waals surface area contributed by atoms with E-state index in [0.29, 0.717) is 5.92 Å². The van der Waals surface area contributed by atoms with Gasteiger partial charge in [0.05, 0.1) is 6.20 Å². The van der Waals surface area contributed by atoms with Crippen LogP contribution in [0.25, 0.3) is 5.82 Å². The molecule has 2 aromatic heterocycles. The maximum Gasteiger partial charge on any atom is 0.155 e. The minimum Gasteiger partial charge on any atom is -0.237 e. The van der Waals surface area contributed by atoms with Gasteiger partial charge >= 0.3 is 0 Å². The highest BCUT2D eigenvalue weighted by atomic mass is 32.2. The van der Waals surface area contributed by atoms with E-state index in [1.165, 1.54) is 5.56 Å². The molecule has 0 bridgehead atoms. The van der Waals surface area contributed by atoms with E-state index in [4.69, 9.17) is 0 Å². The molecule has 0 spiro atoms. The van der Waals surface area contributed by atoms with Crippen LogP contribution in [0.3, 0.4) is 0 Å². The van der Waals surface area contributed by atoms with Gasteiger partial charge in [0.1, 0.15) is 5.03 Å². The Labute approximate surface area is 99.1 Å². The van der Waals surface area contributed by atoms with Crippen LogP contribution in [-0.2, 0) is 0 Å². The number of hydrogen-bond donors (Lipinski definition) is 0. The summed E-state index contributed by atoms with van der Waals surface area (Å²) in [6.45, 7) is 4.32. The topological polar surface area (TPSA) is 43.6 Å². The van der Waals surface area contributed by atoms with Gasteiger partial charge < -0.3 is 0 Å². The zero-order chi connectivity index (χ0) is 11.5.